The molecule has 1 heteroatoms. The summed E-state index contributed by atoms with van der Waals surface area (Å²) in [5.74, 6) is 0. The number of unbranched alkanes of at least 4 members (excludes halogenated alkanes) is 3. The molecule has 0 spiro atoms. The largest absolute Gasteiger partial charge is 0.233 e. The third-order valence-corrected chi connectivity index (χ3v) is 1.46. The second-order valence-electron chi connectivity index (χ2n) is 2.66. The van der Waals surface area contributed by atoms with Gasteiger partial charge in [0.25, 0.3) is 0 Å². The van der Waals surface area contributed by atoms with Gasteiger partial charge in [0.1, 0.15) is 0 Å². The minimum absolute atomic E-state index is 0.346. The lowest BCUT2D eigenvalue weighted by Crippen LogP contribution is -1.95. The summed E-state index contributed by atoms with van der Waals surface area (Å²) in [7, 11) is 0. The summed E-state index contributed by atoms with van der Waals surface area (Å²) < 4.78 is 0. The summed E-state index contributed by atoms with van der Waals surface area (Å²) in [5.41, 5.74) is 0. The van der Waals surface area contributed by atoms with Crippen molar-refractivity contribution in [2.45, 2.75) is 52.1 Å². The fourth-order valence-electron chi connectivity index (χ4n) is 0.859. The summed E-state index contributed by atoms with van der Waals surface area (Å²) in [4.78, 5) is 0. The summed E-state index contributed by atoms with van der Waals surface area (Å²) >= 11 is 0. The second-order valence-corrected chi connectivity index (χ2v) is 2.66. The van der Waals surface area contributed by atoms with Gasteiger partial charge in [-0.3, -0.25) is 0 Å². The molecule has 0 aromatic carbocycles. The Balaban J connectivity index is 2.75. The van der Waals surface area contributed by atoms with Crippen LogP contribution in [0, 0.1) is 0 Å². The molecule has 0 aliphatic rings. The highest BCUT2D eigenvalue weighted by Crippen LogP contribution is 2.04. The molecule has 0 saturated heterocycles. The molecule has 1 atom stereocenters. The quantitative estimate of drug-likeness (QED) is 0.509. The Hall–Kier alpha value is -0.0400. The molecular formula is C8H17O. The Labute approximate surface area is 58.1 Å². The molecule has 0 fully saturated rings. The molecule has 0 saturated carbocycles. The number of hydrogen-bond donors (Lipinski definition) is 0. The minimum atomic E-state index is -0.346. The zero-order valence-electron chi connectivity index (χ0n) is 6.52. The van der Waals surface area contributed by atoms with Gasteiger partial charge in [-0.25, -0.2) is 5.11 Å². The Morgan fingerprint density at radius 1 is 1.22 bits per heavy atom. The molecule has 0 rings (SSSR count). The van der Waals surface area contributed by atoms with Gasteiger partial charge in [-0.1, -0.05) is 32.6 Å². The van der Waals surface area contributed by atoms with Gasteiger partial charge in [0.05, 0.1) is 6.10 Å². The first-order valence-electron chi connectivity index (χ1n) is 3.93. The van der Waals surface area contributed by atoms with Gasteiger partial charge in [0, 0.05) is 0 Å². The molecule has 0 aromatic rings. The summed E-state index contributed by atoms with van der Waals surface area (Å²) in [6.45, 7) is 3.92. The van der Waals surface area contributed by atoms with E-state index in [-0.39, 0.29) is 6.10 Å². The molecule has 0 aliphatic heterocycles. The number of rotatable bonds is 5. The van der Waals surface area contributed by atoms with Crippen LogP contribution in [0.4, 0.5) is 0 Å². The van der Waals surface area contributed by atoms with E-state index in [1.165, 1.54) is 19.3 Å². The van der Waals surface area contributed by atoms with Crippen LogP contribution in [0.5, 0.6) is 0 Å². The molecule has 9 heavy (non-hydrogen) atoms. The van der Waals surface area contributed by atoms with E-state index in [2.05, 4.69) is 6.92 Å². The van der Waals surface area contributed by atoms with Gasteiger partial charge in [-0.15, -0.1) is 0 Å². The lowest BCUT2D eigenvalue weighted by molar-refractivity contribution is 0.0950. The molecule has 0 aromatic heterocycles. The van der Waals surface area contributed by atoms with Crippen LogP contribution in [0.2, 0.25) is 0 Å². The molecule has 0 aliphatic carbocycles. The van der Waals surface area contributed by atoms with E-state index in [1.54, 1.807) is 6.92 Å². The third-order valence-electron chi connectivity index (χ3n) is 1.46. The maximum absolute atomic E-state index is 10.5. The van der Waals surface area contributed by atoms with Crippen molar-refractivity contribution in [2.24, 2.45) is 0 Å². The van der Waals surface area contributed by atoms with Crippen LogP contribution in [0.3, 0.4) is 0 Å². The van der Waals surface area contributed by atoms with E-state index in [1.807, 2.05) is 0 Å². The molecule has 55 valence electrons. The Bertz CT molecular complexity index is 50.5. The average Bonchev–Trinajstić information content (AvgIpc) is 1.80. The van der Waals surface area contributed by atoms with Crippen LogP contribution in [-0.2, 0) is 5.11 Å². The lowest BCUT2D eigenvalue weighted by Gasteiger charge is -1.99. The van der Waals surface area contributed by atoms with Crippen LogP contribution in [0.1, 0.15) is 46.0 Å². The molecule has 0 amide bonds. The standard InChI is InChI=1S/C8H17O/c1-3-4-5-6-7-8(2)9/h8H,3-7H2,1-2H3. The fourth-order valence-corrected chi connectivity index (χ4v) is 0.859. The zero-order chi connectivity index (χ0) is 7.11. The van der Waals surface area contributed by atoms with Crippen LogP contribution in [0.25, 0.3) is 0 Å². The highest BCUT2D eigenvalue weighted by atomic mass is 16.3. The molecule has 0 N–H and O–H groups in total. The first-order valence-corrected chi connectivity index (χ1v) is 3.93. The second kappa shape index (κ2) is 6.09. The topological polar surface area (TPSA) is 19.9 Å². The predicted octanol–water partition coefficient (Wildman–Crippen LogP) is 2.78. The summed E-state index contributed by atoms with van der Waals surface area (Å²) in [5, 5.41) is 10.5. The van der Waals surface area contributed by atoms with Gasteiger partial charge in [-0.2, -0.15) is 0 Å². The fraction of sp³-hybridized carbons (Fsp3) is 1.00. The average molecular weight is 129 g/mol. The van der Waals surface area contributed by atoms with Gasteiger partial charge < -0.3 is 0 Å². The van der Waals surface area contributed by atoms with Crippen molar-refractivity contribution in [3.8, 4) is 0 Å². The van der Waals surface area contributed by atoms with E-state index in [0.717, 1.165) is 12.8 Å². The summed E-state index contributed by atoms with van der Waals surface area (Å²) in [6.07, 6.45) is 5.42. The molecule has 0 heterocycles. The van der Waals surface area contributed by atoms with Crippen LogP contribution >= 0.6 is 0 Å². The highest BCUT2D eigenvalue weighted by Gasteiger charge is 1.95. The van der Waals surface area contributed by atoms with Crippen LogP contribution in [-0.4, -0.2) is 6.10 Å². The van der Waals surface area contributed by atoms with E-state index in [4.69, 9.17) is 0 Å². The number of hydrogen-bond acceptors (Lipinski definition) is 0. The maximum atomic E-state index is 10.5. The van der Waals surface area contributed by atoms with Gasteiger partial charge in [-0.05, 0) is 13.3 Å². The molecule has 1 nitrogen and oxygen atoms in total. The van der Waals surface area contributed by atoms with Crippen molar-refractivity contribution in [2.75, 3.05) is 0 Å². The van der Waals surface area contributed by atoms with Crippen LogP contribution in [0.15, 0.2) is 0 Å². The normalized spacial score (nSPS) is 13.7. The van der Waals surface area contributed by atoms with E-state index >= 15 is 0 Å². The van der Waals surface area contributed by atoms with Gasteiger partial charge in [0.2, 0.25) is 0 Å². The van der Waals surface area contributed by atoms with Crippen molar-refractivity contribution < 1.29 is 5.11 Å². The van der Waals surface area contributed by atoms with Crippen LogP contribution < -0.4 is 0 Å². The van der Waals surface area contributed by atoms with Gasteiger partial charge >= 0.3 is 0 Å². The van der Waals surface area contributed by atoms with Crippen molar-refractivity contribution >= 4 is 0 Å². The first-order chi connectivity index (χ1) is 4.27. The van der Waals surface area contributed by atoms with E-state index in [9.17, 15) is 5.11 Å². The first kappa shape index (κ1) is 8.96. The van der Waals surface area contributed by atoms with Crippen molar-refractivity contribution in [3.63, 3.8) is 0 Å². The van der Waals surface area contributed by atoms with Crippen molar-refractivity contribution in [1.82, 2.24) is 0 Å². The monoisotopic (exact) mass is 129 g/mol. The zero-order valence-corrected chi connectivity index (χ0v) is 6.52. The smallest absolute Gasteiger partial charge is 0.0902 e. The minimum Gasteiger partial charge on any atom is -0.233 e. The summed E-state index contributed by atoms with van der Waals surface area (Å²) in [6, 6.07) is 0. The Morgan fingerprint density at radius 2 is 1.89 bits per heavy atom. The Morgan fingerprint density at radius 3 is 2.33 bits per heavy atom. The van der Waals surface area contributed by atoms with Crippen molar-refractivity contribution in [1.29, 1.82) is 0 Å². The van der Waals surface area contributed by atoms with Gasteiger partial charge in [0.15, 0.2) is 0 Å². The van der Waals surface area contributed by atoms with E-state index < -0.39 is 0 Å². The highest BCUT2D eigenvalue weighted by molar-refractivity contribution is 4.46. The maximum Gasteiger partial charge on any atom is 0.0902 e. The van der Waals surface area contributed by atoms with E-state index in [0.29, 0.717) is 0 Å². The molecule has 0 bridgehead atoms. The third kappa shape index (κ3) is 7.96. The predicted molar refractivity (Wildman–Crippen MR) is 38.9 cm³/mol. The molecule has 1 unspecified atom stereocenters. The lowest BCUT2D eigenvalue weighted by atomic mass is 10.1. The Kier molecular flexibility index (Phi) is 6.06. The molecule has 1 radical (unpaired) electrons. The SMILES string of the molecule is CCCCCCC(C)[O]. The van der Waals surface area contributed by atoms with Crippen molar-refractivity contribution in [3.05, 3.63) is 0 Å². The molecular weight excluding hydrogens is 112 g/mol.